The summed E-state index contributed by atoms with van der Waals surface area (Å²) in [6.45, 7) is 0. The second-order valence-electron chi connectivity index (χ2n) is 2.47. The van der Waals surface area contributed by atoms with Gasteiger partial charge >= 0.3 is 5.97 Å². The summed E-state index contributed by atoms with van der Waals surface area (Å²) < 4.78 is 0. The van der Waals surface area contributed by atoms with Gasteiger partial charge in [-0.05, 0) is 18.6 Å². The summed E-state index contributed by atoms with van der Waals surface area (Å²) in [5.74, 6) is 0.101. The van der Waals surface area contributed by atoms with Crippen LogP contribution in [0.25, 0.3) is 0 Å². The van der Waals surface area contributed by atoms with Crippen molar-refractivity contribution in [2.45, 2.75) is 30.9 Å². The van der Waals surface area contributed by atoms with Crippen molar-refractivity contribution in [3.05, 3.63) is 0 Å². The van der Waals surface area contributed by atoms with Crippen LogP contribution >= 0.6 is 25.3 Å². The van der Waals surface area contributed by atoms with E-state index in [-0.39, 0.29) is 11.7 Å². The van der Waals surface area contributed by atoms with Gasteiger partial charge in [0.2, 0.25) is 0 Å². The minimum Gasteiger partial charge on any atom is -0.481 e. The molecule has 0 aliphatic heterocycles. The average Bonchev–Trinajstić information content (AvgIpc) is 1.86. The van der Waals surface area contributed by atoms with Crippen LogP contribution in [0, 0.1) is 0 Å². The number of carbonyl (C=O) groups is 1. The molecule has 0 bridgehead atoms. The van der Waals surface area contributed by atoms with Crippen molar-refractivity contribution >= 4 is 31.2 Å². The fourth-order valence-electron chi connectivity index (χ4n) is 0.795. The lowest BCUT2D eigenvalue weighted by molar-refractivity contribution is -0.136. The highest BCUT2D eigenvalue weighted by Gasteiger charge is 2.06. The Labute approximate surface area is 78.2 Å². The maximum atomic E-state index is 10.2. The Hall–Kier alpha value is 0.170. The summed E-state index contributed by atoms with van der Waals surface area (Å²) in [6, 6.07) is 0. The lowest BCUT2D eigenvalue weighted by atomic mass is 10.1. The average molecular weight is 194 g/mol. The fourth-order valence-corrected chi connectivity index (χ4v) is 1.36. The van der Waals surface area contributed by atoms with Gasteiger partial charge in [-0.1, -0.05) is 6.42 Å². The van der Waals surface area contributed by atoms with Crippen LogP contribution in [0.5, 0.6) is 0 Å². The summed E-state index contributed by atoms with van der Waals surface area (Å²) in [5, 5.41) is 8.38. The summed E-state index contributed by atoms with van der Waals surface area (Å²) in [6.07, 6.45) is 3.09. The van der Waals surface area contributed by atoms with Crippen LogP contribution < -0.4 is 0 Å². The van der Waals surface area contributed by atoms with Crippen molar-refractivity contribution in [2.24, 2.45) is 0 Å². The van der Waals surface area contributed by atoms with Crippen LogP contribution in [-0.4, -0.2) is 22.1 Å². The molecule has 0 aromatic heterocycles. The second kappa shape index (κ2) is 6.85. The summed E-state index contributed by atoms with van der Waals surface area (Å²) in [5.41, 5.74) is 0. The Bertz CT molecular complexity index is 117. The number of carboxylic acids is 1. The third-order valence-electron chi connectivity index (χ3n) is 1.36. The number of hydrogen-bond acceptors (Lipinski definition) is 3. The molecule has 2 nitrogen and oxygen atoms in total. The number of thiol groups is 2. The third-order valence-corrected chi connectivity index (χ3v) is 2.11. The van der Waals surface area contributed by atoms with Crippen LogP contribution in [0.1, 0.15) is 25.7 Å². The molecule has 1 unspecified atom stereocenters. The summed E-state index contributed by atoms with van der Waals surface area (Å²) in [7, 11) is 0. The molecule has 11 heavy (non-hydrogen) atoms. The third kappa shape index (κ3) is 8.07. The topological polar surface area (TPSA) is 37.3 Å². The van der Waals surface area contributed by atoms with E-state index in [4.69, 9.17) is 5.11 Å². The predicted molar refractivity (Wildman–Crippen MR) is 52.7 cm³/mol. The molecule has 0 saturated heterocycles. The lowest BCUT2D eigenvalue weighted by Gasteiger charge is -2.05. The number of aliphatic carboxylic acids is 1. The molecule has 1 atom stereocenters. The van der Waals surface area contributed by atoms with Gasteiger partial charge in [0.15, 0.2) is 0 Å². The van der Waals surface area contributed by atoms with Crippen LogP contribution in [-0.2, 0) is 4.79 Å². The molecular formula is C7H14O2S2. The zero-order valence-corrected chi connectivity index (χ0v) is 8.15. The molecule has 0 saturated carbocycles. The molecular weight excluding hydrogens is 180 g/mol. The number of hydrogen-bond donors (Lipinski definition) is 3. The zero-order chi connectivity index (χ0) is 8.69. The number of unbranched alkanes of at least 4 members (excludes halogenated alkanes) is 1. The Balaban J connectivity index is 3.22. The Morgan fingerprint density at radius 1 is 1.45 bits per heavy atom. The van der Waals surface area contributed by atoms with Crippen LogP contribution in [0.2, 0.25) is 0 Å². The molecule has 0 radical (unpaired) electrons. The van der Waals surface area contributed by atoms with Gasteiger partial charge in [0.1, 0.15) is 0 Å². The van der Waals surface area contributed by atoms with Crippen molar-refractivity contribution in [2.75, 3.05) is 5.75 Å². The minimum absolute atomic E-state index is 0.00684. The molecule has 0 spiro atoms. The molecule has 0 aromatic rings. The maximum absolute atomic E-state index is 10.2. The van der Waals surface area contributed by atoms with Gasteiger partial charge in [0, 0.05) is 5.25 Å². The zero-order valence-electron chi connectivity index (χ0n) is 6.36. The first-order valence-corrected chi connectivity index (χ1v) is 4.82. The van der Waals surface area contributed by atoms with E-state index >= 15 is 0 Å². The molecule has 0 heterocycles. The summed E-state index contributed by atoms with van der Waals surface area (Å²) >= 11 is 8.19. The van der Waals surface area contributed by atoms with E-state index < -0.39 is 5.97 Å². The van der Waals surface area contributed by atoms with E-state index in [0.717, 1.165) is 25.0 Å². The standard InChI is InChI=1S/C7H14O2S2/c8-7(9)5-6(11)3-1-2-4-10/h6,10-11H,1-5H2,(H,8,9). The van der Waals surface area contributed by atoms with Crippen molar-refractivity contribution < 1.29 is 9.90 Å². The van der Waals surface area contributed by atoms with Crippen LogP contribution in [0.3, 0.4) is 0 Å². The maximum Gasteiger partial charge on any atom is 0.304 e. The molecule has 66 valence electrons. The van der Waals surface area contributed by atoms with Gasteiger partial charge in [-0.3, -0.25) is 4.79 Å². The molecule has 0 fully saturated rings. The normalized spacial score (nSPS) is 12.9. The van der Waals surface area contributed by atoms with Gasteiger partial charge in [-0.2, -0.15) is 25.3 Å². The highest BCUT2D eigenvalue weighted by Crippen LogP contribution is 2.10. The highest BCUT2D eigenvalue weighted by atomic mass is 32.1. The second-order valence-corrected chi connectivity index (χ2v) is 3.65. The molecule has 0 aliphatic carbocycles. The fraction of sp³-hybridized carbons (Fsp3) is 0.857. The highest BCUT2D eigenvalue weighted by molar-refractivity contribution is 7.81. The first-order chi connectivity index (χ1) is 5.16. The molecule has 0 aliphatic rings. The van der Waals surface area contributed by atoms with Gasteiger partial charge < -0.3 is 5.11 Å². The van der Waals surface area contributed by atoms with Crippen LogP contribution in [0.15, 0.2) is 0 Å². The Morgan fingerprint density at radius 3 is 2.55 bits per heavy atom. The lowest BCUT2D eigenvalue weighted by Crippen LogP contribution is -2.06. The van der Waals surface area contributed by atoms with E-state index in [1.807, 2.05) is 0 Å². The minimum atomic E-state index is -0.768. The SMILES string of the molecule is O=C(O)CC(S)CCCCS. The first-order valence-electron chi connectivity index (χ1n) is 3.67. The quantitative estimate of drug-likeness (QED) is 0.446. The molecule has 1 N–H and O–H groups in total. The monoisotopic (exact) mass is 194 g/mol. The van der Waals surface area contributed by atoms with Gasteiger partial charge in [0.25, 0.3) is 0 Å². The van der Waals surface area contributed by atoms with Crippen molar-refractivity contribution in [1.82, 2.24) is 0 Å². The molecule has 0 amide bonds. The largest absolute Gasteiger partial charge is 0.481 e. The van der Waals surface area contributed by atoms with E-state index in [2.05, 4.69) is 25.3 Å². The van der Waals surface area contributed by atoms with Crippen molar-refractivity contribution in [3.63, 3.8) is 0 Å². The first kappa shape index (κ1) is 11.2. The van der Waals surface area contributed by atoms with E-state index in [1.165, 1.54) is 0 Å². The van der Waals surface area contributed by atoms with E-state index in [1.54, 1.807) is 0 Å². The molecule has 0 rings (SSSR count). The van der Waals surface area contributed by atoms with Gasteiger partial charge in [-0.15, -0.1) is 0 Å². The predicted octanol–water partition coefficient (Wildman–Crippen LogP) is 1.86. The van der Waals surface area contributed by atoms with E-state index in [0.29, 0.717) is 0 Å². The van der Waals surface area contributed by atoms with Gasteiger partial charge in [-0.25, -0.2) is 0 Å². The number of rotatable bonds is 6. The molecule has 0 aromatic carbocycles. The Morgan fingerprint density at radius 2 is 2.09 bits per heavy atom. The van der Waals surface area contributed by atoms with Crippen LogP contribution in [0.4, 0.5) is 0 Å². The van der Waals surface area contributed by atoms with Gasteiger partial charge in [0.05, 0.1) is 6.42 Å². The Kier molecular flexibility index (Phi) is 6.96. The smallest absolute Gasteiger partial charge is 0.304 e. The molecule has 4 heteroatoms. The van der Waals surface area contributed by atoms with E-state index in [9.17, 15) is 4.79 Å². The number of carboxylic acid groups (broad SMARTS) is 1. The van der Waals surface area contributed by atoms with Crippen molar-refractivity contribution in [3.8, 4) is 0 Å². The van der Waals surface area contributed by atoms with Crippen molar-refractivity contribution in [1.29, 1.82) is 0 Å². The summed E-state index contributed by atoms with van der Waals surface area (Å²) in [4.78, 5) is 10.2.